The van der Waals surface area contributed by atoms with Crippen molar-refractivity contribution in [2.45, 2.75) is 20.3 Å². The predicted molar refractivity (Wildman–Crippen MR) is 71.9 cm³/mol. The second-order valence-electron chi connectivity index (χ2n) is 3.60. The Bertz CT molecular complexity index is 370. The summed E-state index contributed by atoms with van der Waals surface area (Å²) in [5.74, 6) is 0.480. The highest BCUT2D eigenvalue weighted by atomic mass is 35.5. The van der Waals surface area contributed by atoms with E-state index in [0.29, 0.717) is 18.0 Å². The summed E-state index contributed by atoms with van der Waals surface area (Å²) in [6.45, 7) is 4.62. The summed E-state index contributed by atoms with van der Waals surface area (Å²) in [6, 6.07) is 5.65. The van der Waals surface area contributed by atoms with Crippen LogP contribution in [0.4, 0.5) is 5.69 Å². The van der Waals surface area contributed by atoms with Crippen LogP contribution in [0.25, 0.3) is 0 Å². The second-order valence-corrected chi connectivity index (χ2v) is 3.60. The number of halogens is 1. The van der Waals surface area contributed by atoms with Crippen LogP contribution in [-0.2, 0) is 4.79 Å². The van der Waals surface area contributed by atoms with E-state index in [4.69, 9.17) is 10.5 Å². The normalized spacial score (nSPS) is 9.35. The van der Waals surface area contributed by atoms with Crippen molar-refractivity contribution in [1.82, 2.24) is 0 Å². The summed E-state index contributed by atoms with van der Waals surface area (Å²) < 4.78 is 5.56. The Morgan fingerprint density at radius 2 is 2.18 bits per heavy atom. The van der Waals surface area contributed by atoms with Crippen LogP contribution in [0.1, 0.15) is 18.9 Å². The zero-order valence-corrected chi connectivity index (χ0v) is 11.0. The lowest BCUT2D eigenvalue weighted by molar-refractivity contribution is -0.114. The topological polar surface area (TPSA) is 64.3 Å². The minimum atomic E-state index is -0.217. The summed E-state index contributed by atoms with van der Waals surface area (Å²) in [6.07, 6.45) is 0.929. The van der Waals surface area contributed by atoms with Crippen molar-refractivity contribution < 1.29 is 9.53 Å². The molecule has 0 radical (unpaired) electrons. The number of carbonyl (C=O) groups is 1. The van der Waals surface area contributed by atoms with Gasteiger partial charge < -0.3 is 15.8 Å². The van der Waals surface area contributed by atoms with Crippen molar-refractivity contribution in [3.05, 3.63) is 23.8 Å². The maximum absolute atomic E-state index is 11.2. The Morgan fingerprint density at radius 3 is 2.76 bits per heavy atom. The number of hydrogen-bond donors (Lipinski definition) is 2. The van der Waals surface area contributed by atoms with Gasteiger partial charge in [0, 0.05) is 0 Å². The van der Waals surface area contributed by atoms with Gasteiger partial charge in [0.1, 0.15) is 5.75 Å². The van der Waals surface area contributed by atoms with Crippen molar-refractivity contribution in [2.24, 2.45) is 5.73 Å². The summed E-state index contributed by atoms with van der Waals surface area (Å²) in [5.41, 5.74) is 7.02. The molecule has 0 atom stereocenters. The van der Waals surface area contributed by atoms with Gasteiger partial charge in [-0.1, -0.05) is 13.0 Å². The molecule has 0 aliphatic carbocycles. The van der Waals surface area contributed by atoms with Gasteiger partial charge in [0.25, 0.3) is 0 Å². The predicted octanol–water partition coefficient (Wildman–Crippen LogP) is 2.10. The highest BCUT2D eigenvalue weighted by Gasteiger charge is 2.06. The molecule has 0 aromatic heterocycles. The summed E-state index contributed by atoms with van der Waals surface area (Å²) in [7, 11) is 0. The molecule has 0 heterocycles. The van der Waals surface area contributed by atoms with Gasteiger partial charge in [-0.25, -0.2) is 0 Å². The Balaban J connectivity index is 0.00000256. The molecule has 0 fully saturated rings. The summed E-state index contributed by atoms with van der Waals surface area (Å²) >= 11 is 0. The van der Waals surface area contributed by atoms with E-state index in [1.165, 1.54) is 0 Å². The van der Waals surface area contributed by atoms with Gasteiger partial charge in [-0.2, -0.15) is 0 Å². The average molecular weight is 259 g/mol. The highest BCUT2D eigenvalue weighted by molar-refractivity contribution is 5.93. The molecule has 0 bridgehead atoms. The molecule has 0 saturated carbocycles. The number of amides is 1. The van der Waals surface area contributed by atoms with Gasteiger partial charge in [-0.3, -0.25) is 4.79 Å². The summed E-state index contributed by atoms with van der Waals surface area (Å²) in [4.78, 5) is 11.2. The third-order valence-corrected chi connectivity index (χ3v) is 2.06. The number of benzene rings is 1. The van der Waals surface area contributed by atoms with Crippen molar-refractivity contribution in [3.8, 4) is 5.75 Å². The van der Waals surface area contributed by atoms with Gasteiger partial charge in [0.15, 0.2) is 0 Å². The first-order valence-electron chi connectivity index (χ1n) is 5.40. The van der Waals surface area contributed by atoms with Crippen molar-refractivity contribution in [3.63, 3.8) is 0 Å². The third-order valence-electron chi connectivity index (χ3n) is 2.06. The number of rotatable bonds is 5. The highest BCUT2D eigenvalue weighted by Crippen LogP contribution is 2.25. The van der Waals surface area contributed by atoms with Crippen LogP contribution in [-0.4, -0.2) is 19.1 Å². The first-order valence-corrected chi connectivity index (χ1v) is 5.40. The van der Waals surface area contributed by atoms with Gasteiger partial charge in [-0.05, 0) is 31.0 Å². The smallest absolute Gasteiger partial charge is 0.238 e. The quantitative estimate of drug-likeness (QED) is 0.850. The van der Waals surface area contributed by atoms with E-state index in [1.807, 2.05) is 32.0 Å². The zero-order chi connectivity index (χ0) is 12.0. The van der Waals surface area contributed by atoms with Crippen LogP contribution in [0.5, 0.6) is 5.75 Å². The number of anilines is 1. The number of hydrogen-bond acceptors (Lipinski definition) is 3. The van der Waals surface area contributed by atoms with Crippen molar-refractivity contribution >= 4 is 24.0 Å². The number of nitrogens with two attached hydrogens (primary N) is 1. The van der Waals surface area contributed by atoms with Gasteiger partial charge >= 0.3 is 0 Å². The molecular formula is C12H19ClN2O2. The summed E-state index contributed by atoms with van der Waals surface area (Å²) in [5, 5.41) is 2.71. The molecule has 17 heavy (non-hydrogen) atoms. The Hall–Kier alpha value is -1.26. The fourth-order valence-corrected chi connectivity index (χ4v) is 1.27. The minimum Gasteiger partial charge on any atom is -0.491 e. The van der Waals surface area contributed by atoms with Crippen LogP contribution >= 0.6 is 12.4 Å². The first-order chi connectivity index (χ1) is 7.67. The lowest BCUT2D eigenvalue weighted by atomic mass is 10.2. The van der Waals surface area contributed by atoms with Gasteiger partial charge in [-0.15, -0.1) is 12.4 Å². The fourth-order valence-electron chi connectivity index (χ4n) is 1.27. The monoisotopic (exact) mass is 258 g/mol. The van der Waals surface area contributed by atoms with Gasteiger partial charge in [0.05, 0.1) is 18.8 Å². The molecule has 0 aliphatic heterocycles. The van der Waals surface area contributed by atoms with Crippen LogP contribution in [0.15, 0.2) is 18.2 Å². The Labute approximate surface area is 108 Å². The minimum absolute atomic E-state index is 0. The van der Waals surface area contributed by atoms with E-state index >= 15 is 0 Å². The first kappa shape index (κ1) is 15.7. The molecule has 4 nitrogen and oxygen atoms in total. The van der Waals surface area contributed by atoms with Crippen molar-refractivity contribution in [1.29, 1.82) is 0 Å². The van der Waals surface area contributed by atoms with E-state index in [1.54, 1.807) is 0 Å². The largest absolute Gasteiger partial charge is 0.491 e. The molecule has 3 N–H and O–H groups in total. The lowest BCUT2D eigenvalue weighted by Gasteiger charge is -2.12. The van der Waals surface area contributed by atoms with Crippen molar-refractivity contribution in [2.75, 3.05) is 18.5 Å². The second kappa shape index (κ2) is 7.92. The molecule has 0 saturated heterocycles. The number of aryl methyl sites for hydroxylation is 1. The van der Waals surface area contributed by atoms with E-state index in [0.717, 1.165) is 12.0 Å². The molecule has 5 heteroatoms. The van der Waals surface area contributed by atoms with Crippen LogP contribution in [0.3, 0.4) is 0 Å². The maximum atomic E-state index is 11.2. The zero-order valence-electron chi connectivity index (χ0n) is 10.2. The molecule has 0 unspecified atom stereocenters. The standard InChI is InChI=1S/C12H18N2O2.ClH/c1-3-6-16-11-7-9(2)4-5-10(11)14-12(15)8-13;/h4-5,7H,3,6,8,13H2,1-2H3,(H,14,15);1H. The number of nitrogens with one attached hydrogen (secondary N) is 1. The molecule has 96 valence electrons. The van der Waals surface area contributed by atoms with E-state index in [2.05, 4.69) is 5.32 Å². The Morgan fingerprint density at radius 1 is 1.47 bits per heavy atom. The molecular weight excluding hydrogens is 240 g/mol. The van der Waals surface area contributed by atoms with Crippen LogP contribution < -0.4 is 15.8 Å². The molecule has 1 rings (SSSR count). The number of carbonyl (C=O) groups excluding carboxylic acids is 1. The average Bonchev–Trinajstić information content (AvgIpc) is 2.29. The van der Waals surface area contributed by atoms with E-state index < -0.39 is 0 Å². The molecule has 1 aromatic carbocycles. The fraction of sp³-hybridized carbons (Fsp3) is 0.417. The van der Waals surface area contributed by atoms with Gasteiger partial charge in [0.2, 0.25) is 5.91 Å². The van der Waals surface area contributed by atoms with Crippen LogP contribution in [0.2, 0.25) is 0 Å². The third kappa shape index (κ3) is 5.06. The molecule has 0 spiro atoms. The lowest BCUT2D eigenvalue weighted by Crippen LogP contribution is -2.22. The van der Waals surface area contributed by atoms with E-state index in [9.17, 15) is 4.79 Å². The van der Waals surface area contributed by atoms with Crippen LogP contribution in [0, 0.1) is 6.92 Å². The molecule has 0 aliphatic rings. The maximum Gasteiger partial charge on any atom is 0.238 e. The SMILES string of the molecule is CCCOc1cc(C)ccc1NC(=O)CN.Cl. The molecule has 1 amide bonds. The van der Waals surface area contributed by atoms with E-state index in [-0.39, 0.29) is 24.9 Å². The molecule has 1 aromatic rings. The number of ether oxygens (including phenoxy) is 1. The Kier molecular flexibility index (Phi) is 7.34.